The molecule has 0 aliphatic rings. The highest BCUT2D eigenvalue weighted by molar-refractivity contribution is 7.12. The first-order chi connectivity index (χ1) is 8.78. The fourth-order valence-corrected chi connectivity index (χ4v) is 2.62. The highest BCUT2D eigenvalue weighted by atomic mass is 32.1. The molecule has 2 rings (SSSR count). The summed E-state index contributed by atoms with van der Waals surface area (Å²) in [6.45, 7) is 2.26. The second-order valence-corrected chi connectivity index (χ2v) is 5.29. The van der Waals surface area contributed by atoms with Crippen LogP contribution in [0.2, 0.25) is 0 Å². The molecule has 18 heavy (non-hydrogen) atoms. The molecule has 2 aromatic rings. The van der Waals surface area contributed by atoms with Gasteiger partial charge in [0.1, 0.15) is 12.4 Å². The van der Waals surface area contributed by atoms with E-state index in [2.05, 4.69) is 13.0 Å². The number of carbonyl (C=O) groups excluding carboxylic acids is 1. The Balaban J connectivity index is 1.82. The van der Waals surface area contributed by atoms with Crippen LogP contribution >= 0.6 is 11.3 Å². The summed E-state index contributed by atoms with van der Waals surface area (Å²) in [6, 6.07) is 13.5. The van der Waals surface area contributed by atoms with Crippen molar-refractivity contribution >= 4 is 17.1 Å². The Hall–Kier alpha value is -1.61. The lowest BCUT2D eigenvalue weighted by Gasteiger charge is -2.04. The van der Waals surface area contributed by atoms with Crippen molar-refractivity contribution in [1.29, 1.82) is 0 Å². The standard InChI is InChI=1S/C15H16O2S/c1-2-14-8-9-15(18-14)10-12(16)11-17-13-6-4-3-5-7-13/h3-9H,2,10-11H2,1H3. The maximum atomic E-state index is 11.8. The van der Waals surface area contributed by atoms with Gasteiger partial charge in [-0.1, -0.05) is 25.1 Å². The number of ketones is 1. The summed E-state index contributed by atoms with van der Waals surface area (Å²) in [5.74, 6) is 0.856. The molecule has 0 unspecified atom stereocenters. The van der Waals surface area contributed by atoms with E-state index in [9.17, 15) is 4.79 Å². The molecule has 0 bridgehead atoms. The Morgan fingerprint density at radius 3 is 2.50 bits per heavy atom. The predicted octanol–water partition coefficient (Wildman–Crippen LogP) is 3.50. The second kappa shape index (κ2) is 6.36. The van der Waals surface area contributed by atoms with Crippen LogP contribution in [-0.2, 0) is 17.6 Å². The molecular weight excluding hydrogens is 244 g/mol. The third-order valence-corrected chi connectivity index (χ3v) is 3.81. The van der Waals surface area contributed by atoms with E-state index in [4.69, 9.17) is 4.74 Å². The van der Waals surface area contributed by atoms with E-state index in [1.54, 1.807) is 11.3 Å². The first-order valence-corrected chi connectivity index (χ1v) is 6.86. The fraction of sp³-hybridized carbons (Fsp3) is 0.267. The Morgan fingerprint density at radius 1 is 1.11 bits per heavy atom. The second-order valence-electron chi connectivity index (χ2n) is 4.04. The first-order valence-electron chi connectivity index (χ1n) is 6.05. The molecule has 0 N–H and O–H groups in total. The summed E-state index contributed by atoms with van der Waals surface area (Å²) < 4.78 is 5.43. The highest BCUT2D eigenvalue weighted by Gasteiger charge is 2.07. The molecule has 2 nitrogen and oxygen atoms in total. The van der Waals surface area contributed by atoms with Gasteiger partial charge in [-0.3, -0.25) is 4.79 Å². The molecule has 0 spiro atoms. The zero-order valence-corrected chi connectivity index (χ0v) is 11.2. The van der Waals surface area contributed by atoms with Crippen LogP contribution in [0, 0.1) is 0 Å². The molecule has 0 amide bonds. The minimum Gasteiger partial charge on any atom is -0.486 e. The topological polar surface area (TPSA) is 26.3 Å². The molecule has 0 aliphatic carbocycles. The van der Waals surface area contributed by atoms with Crippen LogP contribution < -0.4 is 4.74 Å². The van der Waals surface area contributed by atoms with Gasteiger partial charge >= 0.3 is 0 Å². The van der Waals surface area contributed by atoms with Crippen molar-refractivity contribution in [2.45, 2.75) is 19.8 Å². The number of carbonyl (C=O) groups is 1. The summed E-state index contributed by atoms with van der Waals surface area (Å²) in [5, 5.41) is 0. The zero-order chi connectivity index (χ0) is 12.8. The molecule has 1 aromatic carbocycles. The van der Waals surface area contributed by atoms with Gasteiger partial charge in [-0.15, -0.1) is 11.3 Å². The zero-order valence-electron chi connectivity index (χ0n) is 10.4. The number of ether oxygens (including phenoxy) is 1. The van der Waals surface area contributed by atoms with E-state index in [0.717, 1.165) is 17.0 Å². The fourth-order valence-electron chi connectivity index (χ4n) is 1.63. The lowest BCUT2D eigenvalue weighted by Crippen LogP contribution is -2.13. The summed E-state index contributed by atoms with van der Waals surface area (Å²) in [5.41, 5.74) is 0. The molecule has 3 heteroatoms. The summed E-state index contributed by atoms with van der Waals surface area (Å²) in [7, 11) is 0. The van der Waals surface area contributed by atoms with Gasteiger partial charge in [-0.25, -0.2) is 0 Å². The predicted molar refractivity (Wildman–Crippen MR) is 74.3 cm³/mol. The smallest absolute Gasteiger partial charge is 0.175 e. The maximum Gasteiger partial charge on any atom is 0.175 e. The summed E-state index contributed by atoms with van der Waals surface area (Å²) in [6.07, 6.45) is 1.50. The van der Waals surface area contributed by atoms with Gasteiger partial charge in [-0.2, -0.15) is 0 Å². The minimum atomic E-state index is 0.114. The molecule has 0 saturated heterocycles. The van der Waals surface area contributed by atoms with E-state index >= 15 is 0 Å². The Labute approximate surface area is 111 Å². The number of benzene rings is 1. The van der Waals surface area contributed by atoms with E-state index in [1.165, 1.54) is 4.88 Å². The van der Waals surface area contributed by atoms with Gasteiger partial charge in [0.25, 0.3) is 0 Å². The quantitative estimate of drug-likeness (QED) is 0.794. The van der Waals surface area contributed by atoms with Crippen LogP contribution in [0.5, 0.6) is 5.75 Å². The van der Waals surface area contributed by atoms with Crippen LogP contribution in [-0.4, -0.2) is 12.4 Å². The van der Waals surface area contributed by atoms with Gasteiger partial charge in [0.15, 0.2) is 5.78 Å². The molecule has 94 valence electrons. The Bertz CT molecular complexity index is 502. The van der Waals surface area contributed by atoms with Crippen LogP contribution in [0.3, 0.4) is 0 Å². The average Bonchev–Trinajstić information content (AvgIpc) is 2.85. The molecule has 0 aliphatic heterocycles. The van der Waals surface area contributed by atoms with Crippen molar-refractivity contribution < 1.29 is 9.53 Å². The normalized spacial score (nSPS) is 10.3. The monoisotopic (exact) mass is 260 g/mol. The number of aryl methyl sites for hydroxylation is 1. The third kappa shape index (κ3) is 3.70. The van der Waals surface area contributed by atoms with E-state index in [1.807, 2.05) is 36.4 Å². The SMILES string of the molecule is CCc1ccc(CC(=O)COc2ccccc2)s1. The van der Waals surface area contributed by atoms with E-state index in [0.29, 0.717) is 6.42 Å². The molecule has 0 fully saturated rings. The van der Waals surface area contributed by atoms with Gasteiger partial charge in [-0.05, 0) is 30.7 Å². The molecule has 0 radical (unpaired) electrons. The number of thiophene rings is 1. The summed E-state index contributed by atoms with van der Waals surface area (Å²) in [4.78, 5) is 14.2. The van der Waals surface area contributed by atoms with Gasteiger partial charge in [0, 0.05) is 16.2 Å². The molecule has 0 saturated carbocycles. The van der Waals surface area contributed by atoms with Crippen molar-refractivity contribution in [3.05, 3.63) is 52.2 Å². The lowest BCUT2D eigenvalue weighted by molar-refractivity contribution is -0.120. The highest BCUT2D eigenvalue weighted by Crippen LogP contribution is 2.17. The molecular formula is C15H16O2S. The average molecular weight is 260 g/mol. The largest absolute Gasteiger partial charge is 0.486 e. The van der Waals surface area contributed by atoms with Crippen molar-refractivity contribution in [2.75, 3.05) is 6.61 Å². The van der Waals surface area contributed by atoms with Crippen molar-refractivity contribution in [2.24, 2.45) is 0 Å². The number of hydrogen-bond donors (Lipinski definition) is 0. The molecule has 1 aromatic heterocycles. The van der Waals surface area contributed by atoms with Crippen LogP contribution in [0.4, 0.5) is 0 Å². The number of para-hydroxylation sites is 1. The maximum absolute atomic E-state index is 11.8. The minimum absolute atomic E-state index is 0.114. The van der Waals surface area contributed by atoms with E-state index in [-0.39, 0.29) is 12.4 Å². The van der Waals surface area contributed by atoms with Gasteiger partial charge in [0.05, 0.1) is 0 Å². The van der Waals surface area contributed by atoms with E-state index < -0.39 is 0 Å². The van der Waals surface area contributed by atoms with Gasteiger partial charge in [0.2, 0.25) is 0 Å². The Morgan fingerprint density at radius 2 is 1.83 bits per heavy atom. The van der Waals surface area contributed by atoms with Crippen LogP contribution in [0.15, 0.2) is 42.5 Å². The van der Waals surface area contributed by atoms with Crippen molar-refractivity contribution in [3.63, 3.8) is 0 Å². The number of rotatable bonds is 6. The lowest BCUT2D eigenvalue weighted by atomic mass is 10.2. The third-order valence-electron chi connectivity index (χ3n) is 2.58. The van der Waals surface area contributed by atoms with Crippen molar-refractivity contribution in [1.82, 2.24) is 0 Å². The van der Waals surface area contributed by atoms with Gasteiger partial charge < -0.3 is 4.74 Å². The number of hydrogen-bond acceptors (Lipinski definition) is 3. The first kappa shape index (κ1) is 12.8. The van der Waals surface area contributed by atoms with Crippen LogP contribution in [0.25, 0.3) is 0 Å². The van der Waals surface area contributed by atoms with Crippen molar-refractivity contribution in [3.8, 4) is 5.75 Å². The summed E-state index contributed by atoms with van der Waals surface area (Å²) >= 11 is 1.71. The Kier molecular flexibility index (Phi) is 4.53. The van der Waals surface area contributed by atoms with Crippen LogP contribution in [0.1, 0.15) is 16.7 Å². The molecule has 1 heterocycles. The molecule has 0 atom stereocenters. The number of Topliss-reactive ketones (excluding diaryl/α,β-unsaturated/α-hetero) is 1.